The normalized spacial score (nSPS) is 20.8. The molecule has 4 saturated carbocycles. The van der Waals surface area contributed by atoms with Crippen molar-refractivity contribution in [1.82, 2.24) is 40.2 Å². The summed E-state index contributed by atoms with van der Waals surface area (Å²) in [4.78, 5) is 145. The maximum atomic E-state index is 14.8. The van der Waals surface area contributed by atoms with Crippen LogP contribution < -0.4 is 37.2 Å². The number of aromatic carboxylic acids is 1. The van der Waals surface area contributed by atoms with Crippen molar-refractivity contribution in [3.05, 3.63) is 131 Å². The highest BCUT2D eigenvalue weighted by Gasteiger charge is 2.66. The van der Waals surface area contributed by atoms with Gasteiger partial charge in [-0.25, -0.2) is 24.4 Å². The molecule has 5 heterocycles. The van der Waals surface area contributed by atoms with E-state index in [0.29, 0.717) is 78.5 Å². The summed E-state index contributed by atoms with van der Waals surface area (Å²) >= 11 is 1.40. The van der Waals surface area contributed by atoms with E-state index >= 15 is 0 Å². The Kier molecular flexibility index (Phi) is 22.5. The van der Waals surface area contributed by atoms with Gasteiger partial charge in [-0.2, -0.15) is 5.10 Å². The molecule has 9 amide bonds. The van der Waals surface area contributed by atoms with Crippen LogP contribution in [0.1, 0.15) is 161 Å². The number of carboxylic acid groups (broad SMARTS) is 2. The van der Waals surface area contributed by atoms with Crippen molar-refractivity contribution < 1.29 is 67.6 Å². The molecule has 3 aromatic heterocycles. The van der Waals surface area contributed by atoms with Crippen molar-refractivity contribution in [1.29, 1.82) is 0 Å². The van der Waals surface area contributed by atoms with Crippen LogP contribution in [0.4, 0.5) is 26.2 Å². The van der Waals surface area contributed by atoms with Gasteiger partial charge < -0.3 is 51.6 Å². The number of aromatic nitrogens is 4. The number of hydrogen-bond acceptors (Lipinski definition) is 17. The summed E-state index contributed by atoms with van der Waals surface area (Å²) in [6, 6.07) is 20.3. The van der Waals surface area contributed by atoms with Crippen LogP contribution in [0, 0.1) is 29.1 Å². The molecular weight excluding hydrogens is 1340 g/mol. The third-order valence-electron chi connectivity index (χ3n) is 20.7. The molecule has 4 aliphatic carbocycles. The molecular formula is C75H91N13O14S. The first kappa shape index (κ1) is 74.1. The summed E-state index contributed by atoms with van der Waals surface area (Å²) in [7, 11) is 0. The maximum absolute atomic E-state index is 14.8. The molecule has 2 aliphatic heterocycles. The van der Waals surface area contributed by atoms with Gasteiger partial charge in [0.2, 0.25) is 11.8 Å². The third-order valence-corrected chi connectivity index (χ3v) is 21.6. The predicted molar refractivity (Wildman–Crippen MR) is 384 cm³/mol. The molecule has 9 N–H and O–H groups in total. The largest absolute Gasteiger partial charge is 0.481 e. The Bertz CT molecular complexity index is 4210. The third kappa shape index (κ3) is 17.4. The van der Waals surface area contributed by atoms with E-state index < -0.39 is 65.4 Å². The van der Waals surface area contributed by atoms with Crippen molar-refractivity contribution in [2.24, 2.45) is 33.6 Å². The maximum Gasteiger partial charge on any atom is 0.410 e. The Labute approximate surface area is 601 Å². The van der Waals surface area contributed by atoms with Gasteiger partial charge in [-0.3, -0.25) is 53.4 Å². The Morgan fingerprint density at radius 2 is 1.52 bits per heavy atom. The number of pyridine rings is 1. The fourth-order valence-electron chi connectivity index (χ4n) is 17.2. The second-order valence-corrected chi connectivity index (χ2v) is 30.5. The number of urea groups is 1. The number of imide groups is 1. The lowest BCUT2D eigenvalue weighted by atomic mass is 9.39. The Morgan fingerprint density at radius 3 is 2.21 bits per heavy atom. The van der Waals surface area contributed by atoms with Gasteiger partial charge in [-0.1, -0.05) is 81.9 Å². The summed E-state index contributed by atoms with van der Waals surface area (Å²) < 4.78 is 16.0. The van der Waals surface area contributed by atoms with Crippen molar-refractivity contribution in [3.63, 3.8) is 0 Å². The summed E-state index contributed by atoms with van der Waals surface area (Å²) in [6.07, 6.45) is 10.9. The van der Waals surface area contributed by atoms with E-state index in [-0.39, 0.29) is 117 Å². The van der Waals surface area contributed by atoms with Crippen molar-refractivity contribution in [3.8, 4) is 11.1 Å². The van der Waals surface area contributed by atoms with Gasteiger partial charge in [0, 0.05) is 98.9 Å². The van der Waals surface area contributed by atoms with Crippen LogP contribution in [-0.2, 0) is 64.4 Å². The summed E-state index contributed by atoms with van der Waals surface area (Å²) in [6.45, 7) is 11.9. The van der Waals surface area contributed by atoms with Crippen molar-refractivity contribution in [2.75, 3.05) is 54.4 Å². The average molecular weight is 1430 g/mol. The molecule has 3 aromatic carbocycles. The van der Waals surface area contributed by atoms with Crippen LogP contribution >= 0.6 is 11.3 Å². The minimum absolute atomic E-state index is 0.0112. The number of nitrogens with two attached hydrogens (primary N) is 2. The van der Waals surface area contributed by atoms with E-state index in [1.807, 2.05) is 59.0 Å². The van der Waals surface area contributed by atoms with E-state index in [9.17, 15) is 58.2 Å². The standard InChI is InChI=1S/C75H91N13O14S/c1-46(2)63(82-59(89)19-7-6-10-32-86-60(90)27-28-61(86)91)67(96)88(56(65(76)94)17-12-30-78-69(77)99)50-23-21-48(22-24-50)38-101-71(100)84(31-13-20-62(92)93)34-35-102-75-42-72(4)39-73(5,43-75)41-74(40-72,44-75)45-87-47(3)53(36-79-87)51-25-26-58(81-64(51)68(97)98)85-33-29-49-14-11-15-52(54(49)37-85)66(95)83-70-80-55-16-8-9-18-57(55)103-70/h8-9,11,14-16,18,21-28,36,46,56,63H,6-7,10,12-13,17,19-20,29-35,37-45H2,1-5H3,(H2,76,94)(H,82,89)(H,92,93)(H,97,98)(H3,77,78,99)(H,80,83,95)/t56-,63-,72?,73?,74?,75?/m0/s1. The summed E-state index contributed by atoms with van der Waals surface area (Å²) in [5.74, 6) is -5.14. The first-order valence-electron chi connectivity index (χ1n) is 35.3. The number of anilines is 3. The van der Waals surface area contributed by atoms with E-state index in [1.54, 1.807) is 56.4 Å². The lowest BCUT2D eigenvalue weighted by Crippen LogP contribution is -2.64. The van der Waals surface area contributed by atoms with Crippen LogP contribution in [-0.4, -0.2) is 156 Å². The van der Waals surface area contributed by atoms with Crippen molar-refractivity contribution in [2.45, 2.75) is 168 Å². The van der Waals surface area contributed by atoms with Gasteiger partial charge >= 0.3 is 24.1 Å². The van der Waals surface area contributed by atoms with Gasteiger partial charge in [0.05, 0.1) is 28.6 Å². The van der Waals surface area contributed by atoms with E-state index in [1.165, 1.54) is 33.3 Å². The van der Waals surface area contributed by atoms with E-state index in [2.05, 4.69) is 34.8 Å². The average Bonchev–Trinajstić information content (AvgIpc) is 1.08. The number of fused-ring (bicyclic) bond motifs is 2. The van der Waals surface area contributed by atoms with E-state index in [0.717, 1.165) is 70.5 Å². The summed E-state index contributed by atoms with van der Waals surface area (Å²) in [5, 5.41) is 34.2. The molecule has 27 nitrogen and oxygen atoms in total. The van der Waals surface area contributed by atoms with Gasteiger partial charge in [0.25, 0.3) is 23.6 Å². The number of thiazole rings is 1. The van der Waals surface area contributed by atoms with Crippen LogP contribution in [0.3, 0.4) is 0 Å². The fraction of sp³-hybridized carbons (Fsp3) is 0.480. The number of carboxylic acids is 2. The van der Waals surface area contributed by atoms with Gasteiger partial charge in [-0.15, -0.1) is 0 Å². The number of carbonyl (C=O) groups excluding carboxylic acids is 8. The van der Waals surface area contributed by atoms with E-state index in [4.69, 9.17) is 31.0 Å². The first-order valence-corrected chi connectivity index (χ1v) is 36.1. The zero-order valence-electron chi connectivity index (χ0n) is 58.9. The summed E-state index contributed by atoms with van der Waals surface area (Å²) in [5.41, 5.74) is 16.0. The minimum Gasteiger partial charge on any atom is -0.481 e. The zero-order valence-corrected chi connectivity index (χ0v) is 59.7. The van der Waals surface area contributed by atoms with Gasteiger partial charge in [0.15, 0.2) is 10.8 Å². The first-order chi connectivity index (χ1) is 49.1. The van der Waals surface area contributed by atoms with Crippen LogP contribution in [0.2, 0.25) is 0 Å². The number of unbranched alkanes of at least 4 members (excludes halogenated alkanes) is 2. The van der Waals surface area contributed by atoms with Crippen LogP contribution in [0.25, 0.3) is 21.3 Å². The lowest BCUT2D eigenvalue weighted by Gasteiger charge is -2.69. The molecule has 4 atom stereocenters. The number of aliphatic carboxylic acids is 1. The monoisotopic (exact) mass is 1430 g/mol. The number of hydrogen-bond donors (Lipinski definition) is 7. The SMILES string of the molecule is Cc1c(-c2ccc(N3CCc4cccc(C(=O)Nc5nc6ccccc6s5)c4C3)nc2C(=O)O)cnn1CC12CC3(C)CC(C)(C1)CC(OCCN(CCCC(=O)O)C(=O)OCc1ccc(N(C(=O)[C@@H](NC(=O)CCCCCN4C(=O)C=CC4=O)C(C)C)[C@@H](CCCNC(N)=O)C(N)=O)cc1)(C3)C2. The highest BCUT2D eigenvalue weighted by Crippen LogP contribution is 2.72. The molecule has 4 bridgehead atoms. The quantitative estimate of drug-likeness (QED) is 0.0149. The Morgan fingerprint density at radius 1 is 0.786 bits per heavy atom. The lowest BCUT2D eigenvalue weighted by molar-refractivity contribution is -0.248. The smallest absolute Gasteiger partial charge is 0.410 e. The molecule has 0 spiro atoms. The second kappa shape index (κ2) is 31.2. The Balaban J connectivity index is 0.738. The molecule has 4 fully saturated rings. The number of carbonyl (C=O) groups is 10. The number of benzene rings is 3. The molecule has 0 saturated heterocycles. The number of nitrogens with zero attached hydrogens (tertiary/aromatic N) is 8. The number of rotatable bonds is 33. The fourth-order valence-corrected chi connectivity index (χ4v) is 18.0. The van der Waals surface area contributed by atoms with Gasteiger partial charge in [-0.05, 0) is 165 Å². The molecule has 103 heavy (non-hydrogen) atoms. The van der Waals surface area contributed by atoms with Crippen LogP contribution in [0.15, 0.2) is 97.2 Å². The minimum atomic E-state index is -1.24. The molecule has 0 radical (unpaired) electrons. The number of ether oxygens (including phenoxy) is 2. The Hall–Kier alpha value is -10.1. The zero-order chi connectivity index (χ0) is 73.5. The molecule has 28 heteroatoms. The number of amides is 9. The molecule has 2 unspecified atom stereocenters. The topological polar surface area (TPSA) is 374 Å². The predicted octanol–water partition coefficient (Wildman–Crippen LogP) is 9.28. The molecule has 546 valence electrons. The number of para-hydroxylation sites is 1. The number of primary amides is 2. The highest BCUT2D eigenvalue weighted by atomic mass is 32.1. The molecule has 12 rings (SSSR count). The highest BCUT2D eigenvalue weighted by molar-refractivity contribution is 7.22. The number of nitrogens with one attached hydrogen (secondary N) is 3. The molecule has 6 aliphatic rings. The van der Waals surface area contributed by atoms with Crippen LogP contribution in [0.5, 0.6) is 0 Å². The van der Waals surface area contributed by atoms with Gasteiger partial charge in [0.1, 0.15) is 24.5 Å². The molecule has 6 aromatic rings. The van der Waals surface area contributed by atoms with Crippen molar-refractivity contribution >= 4 is 97.7 Å². The second-order valence-electron chi connectivity index (χ2n) is 29.5.